The fraction of sp³-hybridized carbons (Fsp3) is 0.462. The molecule has 4 nitrogen and oxygen atoms in total. The SMILES string of the molecule is Cc1ccc(NC(=O)NCC(N)C(C)C)cc1Cl. The number of hydrogen-bond donors (Lipinski definition) is 3. The number of amides is 2. The summed E-state index contributed by atoms with van der Waals surface area (Å²) in [5.41, 5.74) is 7.48. The van der Waals surface area contributed by atoms with Crippen LogP contribution in [0, 0.1) is 12.8 Å². The second kappa shape index (κ2) is 6.61. The van der Waals surface area contributed by atoms with Crippen LogP contribution in [0.3, 0.4) is 0 Å². The van der Waals surface area contributed by atoms with E-state index in [1.54, 1.807) is 6.07 Å². The Balaban J connectivity index is 2.47. The molecule has 5 heteroatoms. The fourth-order valence-electron chi connectivity index (χ4n) is 1.29. The molecule has 1 aromatic carbocycles. The molecule has 1 unspecified atom stereocenters. The molecule has 2 amide bonds. The Morgan fingerprint density at radius 1 is 1.44 bits per heavy atom. The van der Waals surface area contributed by atoms with Crippen LogP contribution < -0.4 is 16.4 Å². The van der Waals surface area contributed by atoms with Crippen LogP contribution in [0.25, 0.3) is 0 Å². The summed E-state index contributed by atoms with van der Waals surface area (Å²) in [4.78, 5) is 11.6. The zero-order valence-electron chi connectivity index (χ0n) is 11.0. The zero-order valence-corrected chi connectivity index (χ0v) is 11.7. The van der Waals surface area contributed by atoms with Gasteiger partial charge in [0.15, 0.2) is 0 Å². The first-order valence-corrected chi connectivity index (χ1v) is 6.34. The zero-order chi connectivity index (χ0) is 13.7. The van der Waals surface area contributed by atoms with Gasteiger partial charge in [-0.25, -0.2) is 4.79 Å². The van der Waals surface area contributed by atoms with Gasteiger partial charge in [-0.05, 0) is 30.5 Å². The lowest BCUT2D eigenvalue weighted by molar-refractivity contribution is 0.250. The summed E-state index contributed by atoms with van der Waals surface area (Å²) < 4.78 is 0. The van der Waals surface area contributed by atoms with Crippen molar-refractivity contribution in [3.05, 3.63) is 28.8 Å². The first-order chi connectivity index (χ1) is 8.40. The van der Waals surface area contributed by atoms with Crippen molar-refractivity contribution >= 4 is 23.3 Å². The van der Waals surface area contributed by atoms with Gasteiger partial charge in [-0.3, -0.25) is 0 Å². The summed E-state index contributed by atoms with van der Waals surface area (Å²) in [6.07, 6.45) is 0. The largest absolute Gasteiger partial charge is 0.336 e. The van der Waals surface area contributed by atoms with E-state index in [4.69, 9.17) is 17.3 Å². The van der Waals surface area contributed by atoms with Crippen molar-refractivity contribution in [1.29, 1.82) is 0 Å². The average molecular weight is 270 g/mol. The van der Waals surface area contributed by atoms with Gasteiger partial charge in [-0.2, -0.15) is 0 Å². The minimum Gasteiger partial charge on any atom is -0.336 e. The topological polar surface area (TPSA) is 67.2 Å². The van der Waals surface area contributed by atoms with E-state index in [1.165, 1.54) is 0 Å². The van der Waals surface area contributed by atoms with Gasteiger partial charge < -0.3 is 16.4 Å². The number of urea groups is 1. The van der Waals surface area contributed by atoms with Crippen molar-refractivity contribution in [2.24, 2.45) is 11.7 Å². The lowest BCUT2D eigenvalue weighted by Gasteiger charge is -2.16. The highest BCUT2D eigenvalue weighted by molar-refractivity contribution is 6.31. The Morgan fingerprint density at radius 3 is 2.67 bits per heavy atom. The number of halogens is 1. The van der Waals surface area contributed by atoms with E-state index in [2.05, 4.69) is 10.6 Å². The van der Waals surface area contributed by atoms with Gasteiger partial charge in [0.25, 0.3) is 0 Å². The Bertz CT molecular complexity index is 421. The Kier molecular flexibility index (Phi) is 5.44. The molecule has 0 bridgehead atoms. The molecule has 0 radical (unpaired) electrons. The van der Waals surface area contributed by atoms with Crippen LogP contribution in [0.5, 0.6) is 0 Å². The molecule has 0 spiro atoms. The summed E-state index contributed by atoms with van der Waals surface area (Å²) >= 11 is 5.97. The Morgan fingerprint density at radius 2 is 2.11 bits per heavy atom. The molecular weight excluding hydrogens is 250 g/mol. The van der Waals surface area contributed by atoms with Crippen LogP contribution in [-0.4, -0.2) is 18.6 Å². The maximum Gasteiger partial charge on any atom is 0.319 e. The first kappa shape index (κ1) is 14.8. The quantitative estimate of drug-likeness (QED) is 0.787. The molecule has 4 N–H and O–H groups in total. The predicted octanol–water partition coefficient (Wildman–Crippen LogP) is 2.75. The van der Waals surface area contributed by atoms with E-state index >= 15 is 0 Å². The molecule has 0 aliphatic carbocycles. The normalized spacial score (nSPS) is 12.3. The van der Waals surface area contributed by atoms with Gasteiger partial charge in [-0.15, -0.1) is 0 Å². The number of anilines is 1. The molecular formula is C13H20ClN3O. The van der Waals surface area contributed by atoms with Gasteiger partial charge in [0.2, 0.25) is 0 Å². The number of rotatable bonds is 4. The van der Waals surface area contributed by atoms with E-state index < -0.39 is 0 Å². The summed E-state index contributed by atoms with van der Waals surface area (Å²) in [7, 11) is 0. The third kappa shape index (κ3) is 4.55. The maximum absolute atomic E-state index is 11.6. The fourth-order valence-corrected chi connectivity index (χ4v) is 1.47. The van der Waals surface area contributed by atoms with Gasteiger partial charge in [0.05, 0.1) is 0 Å². The molecule has 1 aromatic rings. The van der Waals surface area contributed by atoms with Crippen LogP contribution in [0.15, 0.2) is 18.2 Å². The first-order valence-electron chi connectivity index (χ1n) is 5.96. The molecule has 1 rings (SSSR count). The molecule has 100 valence electrons. The van der Waals surface area contributed by atoms with Gasteiger partial charge >= 0.3 is 6.03 Å². The highest BCUT2D eigenvalue weighted by Gasteiger charge is 2.09. The summed E-state index contributed by atoms with van der Waals surface area (Å²) in [5.74, 6) is 0.333. The standard InChI is InChI=1S/C13H20ClN3O/c1-8(2)12(15)7-16-13(18)17-10-5-4-9(3)11(14)6-10/h4-6,8,12H,7,15H2,1-3H3,(H2,16,17,18). The molecule has 0 saturated carbocycles. The van der Waals surface area contributed by atoms with Gasteiger partial charge in [0.1, 0.15) is 0 Å². The molecule has 0 aliphatic heterocycles. The highest BCUT2D eigenvalue weighted by atomic mass is 35.5. The van der Waals surface area contributed by atoms with Crippen molar-refractivity contribution in [2.45, 2.75) is 26.8 Å². The highest BCUT2D eigenvalue weighted by Crippen LogP contribution is 2.19. The van der Waals surface area contributed by atoms with E-state index in [0.717, 1.165) is 5.56 Å². The smallest absolute Gasteiger partial charge is 0.319 e. The van der Waals surface area contributed by atoms with Crippen molar-refractivity contribution in [1.82, 2.24) is 5.32 Å². The molecule has 0 aromatic heterocycles. The molecule has 0 fully saturated rings. The molecule has 18 heavy (non-hydrogen) atoms. The Hall–Kier alpha value is -1.26. The second-order valence-corrected chi connectivity index (χ2v) is 5.11. The lowest BCUT2D eigenvalue weighted by Crippen LogP contribution is -2.42. The van der Waals surface area contributed by atoms with Gasteiger partial charge in [0, 0.05) is 23.3 Å². The van der Waals surface area contributed by atoms with Crippen LogP contribution >= 0.6 is 11.6 Å². The number of aryl methyl sites for hydroxylation is 1. The number of hydrogen-bond acceptors (Lipinski definition) is 2. The number of nitrogens with two attached hydrogens (primary N) is 1. The minimum atomic E-state index is -0.272. The summed E-state index contributed by atoms with van der Waals surface area (Å²) in [6, 6.07) is 5.07. The number of nitrogens with one attached hydrogen (secondary N) is 2. The third-order valence-electron chi connectivity index (χ3n) is 2.78. The molecule has 0 saturated heterocycles. The molecule has 1 atom stereocenters. The lowest BCUT2D eigenvalue weighted by atomic mass is 10.1. The summed E-state index contributed by atoms with van der Waals surface area (Å²) in [6.45, 7) is 6.39. The molecule has 0 heterocycles. The summed E-state index contributed by atoms with van der Waals surface area (Å²) in [5, 5.41) is 6.07. The second-order valence-electron chi connectivity index (χ2n) is 4.71. The van der Waals surface area contributed by atoms with Gasteiger partial charge in [-0.1, -0.05) is 31.5 Å². The van der Waals surface area contributed by atoms with E-state index in [-0.39, 0.29) is 12.1 Å². The van der Waals surface area contributed by atoms with Crippen LogP contribution in [0.1, 0.15) is 19.4 Å². The third-order valence-corrected chi connectivity index (χ3v) is 3.19. The van der Waals surface area contributed by atoms with Crippen LogP contribution in [-0.2, 0) is 0 Å². The predicted molar refractivity (Wildman–Crippen MR) is 76.0 cm³/mol. The maximum atomic E-state index is 11.6. The minimum absolute atomic E-state index is 0.0441. The van der Waals surface area contributed by atoms with Crippen molar-refractivity contribution in [2.75, 3.05) is 11.9 Å². The monoisotopic (exact) mass is 269 g/mol. The van der Waals surface area contributed by atoms with E-state index in [9.17, 15) is 4.79 Å². The average Bonchev–Trinajstić information content (AvgIpc) is 2.30. The Labute approximate surface area is 113 Å². The van der Waals surface area contributed by atoms with Crippen LogP contribution in [0.2, 0.25) is 5.02 Å². The van der Waals surface area contributed by atoms with Crippen LogP contribution in [0.4, 0.5) is 10.5 Å². The van der Waals surface area contributed by atoms with Crippen molar-refractivity contribution in [3.8, 4) is 0 Å². The molecule has 0 aliphatic rings. The van der Waals surface area contributed by atoms with E-state index in [0.29, 0.717) is 23.2 Å². The number of carbonyl (C=O) groups excluding carboxylic acids is 1. The van der Waals surface area contributed by atoms with E-state index in [1.807, 2.05) is 32.9 Å². The van der Waals surface area contributed by atoms with Crippen molar-refractivity contribution in [3.63, 3.8) is 0 Å². The number of benzene rings is 1. The number of carbonyl (C=O) groups is 1. The van der Waals surface area contributed by atoms with Crippen molar-refractivity contribution < 1.29 is 4.79 Å².